The average molecular weight is 303 g/mol. The zero-order valence-corrected chi connectivity index (χ0v) is 13.7. The Labute approximate surface area is 132 Å². The number of methoxy groups -OCH3 is 1. The van der Waals surface area contributed by atoms with Crippen LogP contribution in [-0.2, 0) is 11.3 Å². The van der Waals surface area contributed by atoms with Crippen molar-refractivity contribution in [1.82, 2.24) is 4.57 Å². The highest BCUT2D eigenvalue weighted by molar-refractivity contribution is 5.96. The molecule has 0 unspecified atom stereocenters. The molecule has 0 saturated heterocycles. The Morgan fingerprint density at radius 3 is 2.64 bits per heavy atom. The minimum Gasteiger partial charge on any atom is -0.497 e. The first kappa shape index (κ1) is 16.4. The van der Waals surface area contributed by atoms with Gasteiger partial charge in [-0.2, -0.15) is 0 Å². The van der Waals surface area contributed by atoms with Crippen LogP contribution in [0.2, 0.25) is 0 Å². The number of nitrogens with zero attached hydrogens (tertiary/aromatic N) is 1. The summed E-state index contributed by atoms with van der Waals surface area (Å²) in [7, 11) is 1.65. The first-order valence-corrected chi connectivity index (χ1v) is 8.05. The maximum Gasteiger partial charge on any atom is 0.354 e. The van der Waals surface area contributed by atoms with Gasteiger partial charge in [-0.1, -0.05) is 26.2 Å². The lowest BCUT2D eigenvalue weighted by Crippen LogP contribution is -2.12. The fourth-order valence-electron chi connectivity index (χ4n) is 2.69. The summed E-state index contributed by atoms with van der Waals surface area (Å²) in [5.74, 6) is 0.541. The third kappa shape index (κ3) is 3.62. The first-order chi connectivity index (χ1) is 10.7. The lowest BCUT2D eigenvalue weighted by atomic mass is 10.2. The number of benzene rings is 1. The van der Waals surface area contributed by atoms with Gasteiger partial charge in [0.05, 0.1) is 13.7 Å². The summed E-state index contributed by atoms with van der Waals surface area (Å²) in [6.45, 7) is 5.25. The molecule has 0 fully saturated rings. The Morgan fingerprint density at radius 1 is 1.14 bits per heavy atom. The van der Waals surface area contributed by atoms with E-state index in [0.29, 0.717) is 12.3 Å². The molecule has 4 nitrogen and oxygen atoms in total. The zero-order chi connectivity index (χ0) is 15.9. The number of aryl methyl sites for hydroxylation is 1. The SMILES string of the molecule is CCCCCCn1c(C(=O)OCC)cc2cc(OC)ccc21. The van der Waals surface area contributed by atoms with Crippen molar-refractivity contribution in [1.29, 1.82) is 0 Å². The van der Waals surface area contributed by atoms with Crippen LogP contribution in [0.5, 0.6) is 5.75 Å². The zero-order valence-electron chi connectivity index (χ0n) is 13.7. The molecule has 2 aromatic rings. The number of unbranched alkanes of at least 4 members (excludes halogenated alkanes) is 3. The third-order valence-electron chi connectivity index (χ3n) is 3.83. The normalized spacial score (nSPS) is 10.9. The highest BCUT2D eigenvalue weighted by Crippen LogP contribution is 2.26. The second-order valence-electron chi connectivity index (χ2n) is 5.39. The van der Waals surface area contributed by atoms with Crippen LogP contribution in [0.3, 0.4) is 0 Å². The summed E-state index contributed by atoms with van der Waals surface area (Å²) in [5.41, 5.74) is 1.68. The largest absolute Gasteiger partial charge is 0.497 e. The first-order valence-electron chi connectivity index (χ1n) is 8.05. The van der Waals surface area contributed by atoms with Gasteiger partial charge in [-0.3, -0.25) is 0 Å². The fourth-order valence-corrected chi connectivity index (χ4v) is 2.69. The molecule has 0 N–H and O–H groups in total. The average Bonchev–Trinajstić information content (AvgIpc) is 2.89. The number of carbonyl (C=O) groups is 1. The van der Waals surface area contributed by atoms with Crippen LogP contribution in [0.4, 0.5) is 0 Å². The maximum atomic E-state index is 12.2. The predicted molar refractivity (Wildman–Crippen MR) is 88.6 cm³/mol. The number of hydrogen-bond acceptors (Lipinski definition) is 3. The van der Waals surface area contributed by atoms with Gasteiger partial charge in [0, 0.05) is 17.4 Å². The number of fused-ring (bicyclic) bond motifs is 1. The standard InChI is InChI=1S/C18H25NO3/c1-4-6-7-8-11-19-16-10-9-15(21-3)12-14(16)13-17(19)18(20)22-5-2/h9-10,12-13H,4-8,11H2,1-3H3. The second kappa shape index (κ2) is 7.87. The van der Waals surface area contributed by atoms with Crippen LogP contribution in [-0.4, -0.2) is 24.3 Å². The van der Waals surface area contributed by atoms with Gasteiger partial charge in [-0.25, -0.2) is 4.79 Å². The Balaban J connectivity index is 2.34. The van der Waals surface area contributed by atoms with Gasteiger partial charge in [-0.05, 0) is 37.6 Å². The molecule has 4 heteroatoms. The highest BCUT2D eigenvalue weighted by atomic mass is 16.5. The summed E-state index contributed by atoms with van der Waals surface area (Å²) < 4.78 is 12.5. The number of rotatable bonds is 8. The van der Waals surface area contributed by atoms with E-state index in [9.17, 15) is 4.79 Å². The second-order valence-corrected chi connectivity index (χ2v) is 5.39. The Hall–Kier alpha value is -1.97. The highest BCUT2D eigenvalue weighted by Gasteiger charge is 2.16. The van der Waals surface area contributed by atoms with Crippen LogP contribution >= 0.6 is 0 Å². The third-order valence-corrected chi connectivity index (χ3v) is 3.83. The number of ether oxygens (including phenoxy) is 2. The fraction of sp³-hybridized carbons (Fsp3) is 0.500. The molecule has 1 aromatic carbocycles. The molecule has 0 atom stereocenters. The molecule has 22 heavy (non-hydrogen) atoms. The van der Waals surface area contributed by atoms with E-state index >= 15 is 0 Å². The molecule has 0 saturated carbocycles. The topological polar surface area (TPSA) is 40.5 Å². The van der Waals surface area contributed by atoms with Gasteiger partial charge in [0.15, 0.2) is 0 Å². The smallest absolute Gasteiger partial charge is 0.354 e. The van der Waals surface area contributed by atoms with E-state index in [1.807, 2.05) is 31.2 Å². The van der Waals surface area contributed by atoms with Crippen molar-refractivity contribution in [2.75, 3.05) is 13.7 Å². The number of esters is 1. The lowest BCUT2D eigenvalue weighted by Gasteiger charge is -2.10. The maximum absolute atomic E-state index is 12.2. The van der Waals surface area contributed by atoms with Crippen molar-refractivity contribution >= 4 is 16.9 Å². The summed E-state index contributed by atoms with van der Waals surface area (Å²) >= 11 is 0. The summed E-state index contributed by atoms with van der Waals surface area (Å²) in [5, 5.41) is 1.01. The number of carbonyl (C=O) groups excluding carboxylic acids is 1. The van der Waals surface area contributed by atoms with E-state index in [1.54, 1.807) is 7.11 Å². The molecule has 0 spiro atoms. The molecule has 120 valence electrons. The van der Waals surface area contributed by atoms with Crippen LogP contribution in [0.15, 0.2) is 24.3 Å². The molecular formula is C18H25NO3. The van der Waals surface area contributed by atoms with Crippen LogP contribution < -0.4 is 4.74 Å². The quantitative estimate of drug-likeness (QED) is 0.536. The number of aromatic nitrogens is 1. The molecule has 0 aliphatic carbocycles. The van der Waals surface area contributed by atoms with Gasteiger partial charge in [0.1, 0.15) is 11.4 Å². The lowest BCUT2D eigenvalue weighted by molar-refractivity contribution is 0.0514. The van der Waals surface area contributed by atoms with Crippen LogP contribution in [0.1, 0.15) is 50.0 Å². The summed E-state index contributed by atoms with van der Waals surface area (Å²) in [6.07, 6.45) is 4.67. The van der Waals surface area contributed by atoms with Crippen molar-refractivity contribution in [3.63, 3.8) is 0 Å². The van der Waals surface area contributed by atoms with E-state index in [2.05, 4.69) is 11.5 Å². The van der Waals surface area contributed by atoms with Gasteiger partial charge in [0.25, 0.3) is 0 Å². The molecule has 1 heterocycles. The van der Waals surface area contributed by atoms with E-state index in [4.69, 9.17) is 9.47 Å². The molecule has 0 radical (unpaired) electrons. The summed E-state index contributed by atoms with van der Waals surface area (Å²) in [4.78, 5) is 12.2. The van der Waals surface area contributed by atoms with Crippen molar-refractivity contribution in [2.45, 2.75) is 46.1 Å². The van der Waals surface area contributed by atoms with E-state index in [1.165, 1.54) is 19.3 Å². The van der Waals surface area contributed by atoms with Crippen molar-refractivity contribution in [3.8, 4) is 5.75 Å². The Kier molecular flexibility index (Phi) is 5.87. The molecule has 0 aliphatic rings. The van der Waals surface area contributed by atoms with E-state index in [-0.39, 0.29) is 5.97 Å². The minimum atomic E-state index is -0.256. The van der Waals surface area contributed by atoms with Crippen LogP contribution in [0, 0.1) is 0 Å². The van der Waals surface area contributed by atoms with Gasteiger partial charge in [0.2, 0.25) is 0 Å². The van der Waals surface area contributed by atoms with Gasteiger partial charge >= 0.3 is 5.97 Å². The predicted octanol–water partition coefficient (Wildman–Crippen LogP) is 4.41. The molecule has 0 amide bonds. The van der Waals surface area contributed by atoms with Crippen molar-refractivity contribution < 1.29 is 14.3 Å². The number of hydrogen-bond donors (Lipinski definition) is 0. The molecule has 2 rings (SSSR count). The van der Waals surface area contributed by atoms with E-state index in [0.717, 1.165) is 29.6 Å². The Bertz CT molecular complexity index is 631. The molecule has 0 bridgehead atoms. The summed E-state index contributed by atoms with van der Waals surface area (Å²) in [6, 6.07) is 7.80. The van der Waals surface area contributed by atoms with Crippen molar-refractivity contribution in [2.24, 2.45) is 0 Å². The monoisotopic (exact) mass is 303 g/mol. The molecular weight excluding hydrogens is 278 g/mol. The van der Waals surface area contributed by atoms with E-state index < -0.39 is 0 Å². The molecule has 0 aliphatic heterocycles. The minimum absolute atomic E-state index is 0.256. The Morgan fingerprint density at radius 2 is 1.95 bits per heavy atom. The molecule has 1 aromatic heterocycles. The van der Waals surface area contributed by atoms with Gasteiger partial charge < -0.3 is 14.0 Å². The van der Waals surface area contributed by atoms with Crippen LogP contribution in [0.25, 0.3) is 10.9 Å². The van der Waals surface area contributed by atoms with Crippen molar-refractivity contribution in [3.05, 3.63) is 30.0 Å². The van der Waals surface area contributed by atoms with Gasteiger partial charge in [-0.15, -0.1) is 0 Å².